The maximum Gasteiger partial charge on any atom is 0.424 e. The van der Waals surface area contributed by atoms with Gasteiger partial charge in [-0.25, -0.2) is 36.1 Å². The molecule has 6 nitrogen and oxygen atoms in total. The zero-order valence-corrected chi connectivity index (χ0v) is 14.0. The van der Waals surface area contributed by atoms with Crippen molar-refractivity contribution in [1.29, 1.82) is 0 Å². The summed E-state index contributed by atoms with van der Waals surface area (Å²) in [6.07, 6.45) is 0.856. The van der Waals surface area contributed by atoms with E-state index in [4.69, 9.17) is 9.56 Å². The molecule has 0 aliphatic carbocycles. The predicted molar refractivity (Wildman–Crippen MR) is 85.7 cm³/mol. The fourth-order valence-electron chi connectivity index (χ4n) is 2.40. The molecule has 0 aliphatic heterocycles. The van der Waals surface area contributed by atoms with Gasteiger partial charge in [-0.15, -0.1) is 0 Å². The lowest BCUT2D eigenvalue weighted by Crippen LogP contribution is -2.16. The Balaban J connectivity index is 2.26. The summed E-state index contributed by atoms with van der Waals surface area (Å²) >= 11 is 0. The molecule has 0 radical (unpaired) electrons. The smallest absolute Gasteiger partial charge is 0.415 e. The lowest BCUT2D eigenvalue weighted by atomic mass is 10.1. The number of sulfonamides is 1. The molecule has 26 heavy (non-hydrogen) atoms. The SMILES string of the molecule is Cc1ccc(-n2c(-c3cc(F)c(S(N)(=O)=O)cc3F)coc2=O)cc1F. The van der Waals surface area contributed by atoms with Crippen molar-refractivity contribution in [2.45, 2.75) is 11.8 Å². The number of nitrogens with two attached hydrogens (primary N) is 1. The van der Waals surface area contributed by atoms with Gasteiger partial charge in [-0.2, -0.15) is 0 Å². The van der Waals surface area contributed by atoms with E-state index in [2.05, 4.69) is 0 Å². The molecule has 0 atom stereocenters. The molecule has 0 amide bonds. The Labute approximate surface area is 145 Å². The Morgan fingerprint density at radius 3 is 2.35 bits per heavy atom. The summed E-state index contributed by atoms with van der Waals surface area (Å²) in [5.74, 6) is -4.03. The minimum Gasteiger partial charge on any atom is -0.415 e. The molecule has 10 heteroatoms. The Kier molecular flexibility index (Phi) is 4.24. The van der Waals surface area contributed by atoms with Gasteiger partial charge in [0.05, 0.1) is 11.4 Å². The highest BCUT2D eigenvalue weighted by atomic mass is 32.2. The number of benzene rings is 2. The molecule has 0 saturated heterocycles. The second-order valence-electron chi connectivity index (χ2n) is 5.46. The number of nitrogens with zero attached hydrogens (tertiary/aromatic N) is 1. The van der Waals surface area contributed by atoms with E-state index >= 15 is 0 Å². The van der Waals surface area contributed by atoms with E-state index in [0.717, 1.165) is 16.9 Å². The van der Waals surface area contributed by atoms with Gasteiger partial charge in [0.25, 0.3) is 0 Å². The van der Waals surface area contributed by atoms with E-state index in [9.17, 15) is 26.4 Å². The second-order valence-corrected chi connectivity index (χ2v) is 6.99. The van der Waals surface area contributed by atoms with Crippen molar-refractivity contribution in [2.75, 3.05) is 0 Å². The van der Waals surface area contributed by atoms with Gasteiger partial charge in [0, 0.05) is 5.56 Å². The largest absolute Gasteiger partial charge is 0.424 e. The summed E-state index contributed by atoms with van der Waals surface area (Å²) in [5.41, 5.74) is -0.337. The van der Waals surface area contributed by atoms with Gasteiger partial charge in [-0.3, -0.25) is 0 Å². The summed E-state index contributed by atoms with van der Waals surface area (Å²) in [6.45, 7) is 1.51. The molecule has 2 N–H and O–H groups in total. The van der Waals surface area contributed by atoms with E-state index in [0.29, 0.717) is 17.7 Å². The first kappa shape index (κ1) is 18.0. The highest BCUT2D eigenvalue weighted by Crippen LogP contribution is 2.28. The molecule has 0 bridgehead atoms. The number of aryl methyl sites for hydroxylation is 1. The van der Waals surface area contributed by atoms with Gasteiger partial charge in [-0.1, -0.05) is 6.07 Å². The molecular formula is C16H11F3N2O4S. The number of hydrogen-bond donors (Lipinski definition) is 1. The Morgan fingerprint density at radius 1 is 1.04 bits per heavy atom. The molecule has 136 valence electrons. The van der Waals surface area contributed by atoms with Crippen molar-refractivity contribution >= 4 is 10.0 Å². The Bertz CT molecular complexity index is 1180. The molecule has 1 heterocycles. The molecular weight excluding hydrogens is 373 g/mol. The van der Waals surface area contributed by atoms with E-state index < -0.39 is 43.7 Å². The number of halogens is 3. The topological polar surface area (TPSA) is 95.3 Å². The van der Waals surface area contributed by atoms with Crippen LogP contribution in [0.4, 0.5) is 13.2 Å². The van der Waals surface area contributed by atoms with Crippen molar-refractivity contribution in [3.8, 4) is 16.9 Å². The summed E-state index contributed by atoms with van der Waals surface area (Å²) in [7, 11) is -4.48. The number of primary sulfonamides is 1. The fraction of sp³-hybridized carbons (Fsp3) is 0.0625. The molecule has 0 saturated carbocycles. The normalized spacial score (nSPS) is 11.7. The molecule has 0 unspecified atom stereocenters. The number of rotatable bonds is 3. The van der Waals surface area contributed by atoms with Gasteiger partial charge in [0.1, 0.15) is 28.6 Å². The zero-order chi connectivity index (χ0) is 19.2. The fourth-order valence-corrected chi connectivity index (χ4v) is 3.00. The van der Waals surface area contributed by atoms with Crippen molar-refractivity contribution in [2.24, 2.45) is 5.14 Å². The molecule has 1 aromatic heterocycles. The summed E-state index contributed by atoms with van der Waals surface area (Å²) < 4.78 is 70.3. The third kappa shape index (κ3) is 3.04. The third-order valence-electron chi connectivity index (χ3n) is 3.71. The summed E-state index contributed by atoms with van der Waals surface area (Å²) in [5, 5.41) is 4.82. The minimum absolute atomic E-state index is 0.0252. The molecule has 3 aromatic rings. The summed E-state index contributed by atoms with van der Waals surface area (Å²) in [4.78, 5) is 10.9. The lowest BCUT2D eigenvalue weighted by molar-refractivity contribution is 0.503. The highest BCUT2D eigenvalue weighted by Gasteiger charge is 2.22. The van der Waals surface area contributed by atoms with Gasteiger partial charge in [0.15, 0.2) is 0 Å². The minimum atomic E-state index is -4.48. The van der Waals surface area contributed by atoms with Gasteiger partial charge in [-0.05, 0) is 36.8 Å². The average molecular weight is 384 g/mol. The van der Waals surface area contributed by atoms with E-state index in [1.807, 2.05) is 0 Å². The molecule has 2 aromatic carbocycles. The van der Waals surface area contributed by atoms with Gasteiger partial charge >= 0.3 is 5.76 Å². The van der Waals surface area contributed by atoms with Crippen molar-refractivity contribution in [3.05, 3.63) is 70.2 Å². The van der Waals surface area contributed by atoms with Crippen LogP contribution in [-0.4, -0.2) is 13.0 Å². The van der Waals surface area contributed by atoms with Crippen LogP contribution in [0.5, 0.6) is 0 Å². The van der Waals surface area contributed by atoms with Crippen LogP contribution in [0.2, 0.25) is 0 Å². The van der Waals surface area contributed by atoms with Crippen molar-refractivity contribution in [1.82, 2.24) is 4.57 Å². The van der Waals surface area contributed by atoms with Crippen molar-refractivity contribution < 1.29 is 26.0 Å². The van der Waals surface area contributed by atoms with Crippen LogP contribution in [0.3, 0.4) is 0 Å². The average Bonchev–Trinajstić information content (AvgIpc) is 2.92. The maximum atomic E-state index is 14.4. The first-order chi connectivity index (χ1) is 12.1. The van der Waals surface area contributed by atoms with Crippen LogP contribution in [0, 0.1) is 24.4 Å². The lowest BCUT2D eigenvalue weighted by Gasteiger charge is -2.10. The molecule has 0 fully saturated rings. The van der Waals surface area contributed by atoms with Crippen molar-refractivity contribution in [3.63, 3.8) is 0 Å². The first-order valence-electron chi connectivity index (χ1n) is 7.09. The number of oxazole rings is 1. The molecule has 0 aliphatic rings. The van der Waals surface area contributed by atoms with Crippen LogP contribution < -0.4 is 10.9 Å². The van der Waals surface area contributed by atoms with Crippen LogP contribution in [0.1, 0.15) is 5.56 Å². The van der Waals surface area contributed by atoms with E-state index in [-0.39, 0.29) is 11.4 Å². The number of hydrogen-bond acceptors (Lipinski definition) is 4. The first-order valence-corrected chi connectivity index (χ1v) is 8.63. The van der Waals surface area contributed by atoms with Crippen LogP contribution in [-0.2, 0) is 10.0 Å². The quantitative estimate of drug-likeness (QED) is 0.750. The summed E-state index contributed by atoms with van der Waals surface area (Å²) in [6, 6.07) is 4.79. The monoisotopic (exact) mass is 384 g/mol. The Morgan fingerprint density at radius 2 is 1.73 bits per heavy atom. The standard InChI is InChI=1S/C16H11F3N2O4S/c1-8-2-3-9(4-11(8)17)21-14(7-25-16(21)22)10-5-13(19)15(6-12(10)18)26(20,23)24/h2-7H,1H3,(H2,20,23,24). The third-order valence-corrected chi connectivity index (χ3v) is 4.64. The Hall–Kier alpha value is -2.85. The molecule has 0 spiro atoms. The van der Waals surface area contributed by atoms with Crippen LogP contribution >= 0.6 is 0 Å². The zero-order valence-electron chi connectivity index (χ0n) is 13.2. The maximum absolute atomic E-state index is 14.4. The predicted octanol–water partition coefficient (Wildman–Crippen LogP) is 2.47. The van der Waals surface area contributed by atoms with Gasteiger partial charge in [0.2, 0.25) is 10.0 Å². The van der Waals surface area contributed by atoms with E-state index in [1.165, 1.54) is 19.1 Å². The highest BCUT2D eigenvalue weighted by molar-refractivity contribution is 7.89. The van der Waals surface area contributed by atoms with Crippen LogP contribution in [0.15, 0.2) is 50.7 Å². The molecule has 3 rings (SSSR count). The van der Waals surface area contributed by atoms with Crippen LogP contribution in [0.25, 0.3) is 16.9 Å². The second kappa shape index (κ2) is 6.15. The van der Waals surface area contributed by atoms with E-state index in [1.54, 1.807) is 0 Å². The number of aromatic nitrogens is 1. The van der Waals surface area contributed by atoms with Gasteiger partial charge < -0.3 is 4.42 Å².